The Morgan fingerprint density at radius 2 is 2.11 bits per heavy atom. The number of anilines is 1. The highest BCUT2D eigenvalue weighted by molar-refractivity contribution is 5.90. The first kappa shape index (κ1) is 13.8. The molecule has 0 unspecified atom stereocenters. The van der Waals surface area contributed by atoms with E-state index in [1.165, 1.54) is 7.11 Å². The Kier molecular flexibility index (Phi) is 4.37. The molecule has 19 heavy (non-hydrogen) atoms. The van der Waals surface area contributed by atoms with Gasteiger partial charge in [0.15, 0.2) is 0 Å². The number of rotatable bonds is 3. The normalized spacial score (nSPS) is 17.2. The number of hydrogen-bond donors (Lipinski definition) is 1. The highest BCUT2D eigenvalue weighted by Gasteiger charge is 2.17. The summed E-state index contributed by atoms with van der Waals surface area (Å²) in [5.74, 6) is 0.496. The summed E-state index contributed by atoms with van der Waals surface area (Å²) in [7, 11) is 3.52. The molecule has 1 aliphatic heterocycles. The van der Waals surface area contributed by atoms with E-state index in [-0.39, 0.29) is 5.97 Å². The number of carbonyl (C=O) groups excluding carboxylic acids is 1. The number of nitrogens with one attached hydrogen (secondary N) is 1. The third kappa shape index (κ3) is 3.44. The third-order valence-electron chi connectivity index (χ3n) is 3.56. The van der Waals surface area contributed by atoms with Crippen LogP contribution in [-0.4, -0.2) is 49.1 Å². The molecule has 0 atom stereocenters. The monoisotopic (exact) mass is 263 g/mol. The van der Waals surface area contributed by atoms with Crippen molar-refractivity contribution in [2.24, 2.45) is 0 Å². The smallest absolute Gasteiger partial charge is 0.339 e. The molecule has 0 bridgehead atoms. The summed E-state index contributed by atoms with van der Waals surface area (Å²) in [6.07, 6.45) is 2.24. The predicted octanol–water partition coefficient (Wildman–Crippen LogP) is 1.68. The Morgan fingerprint density at radius 3 is 2.68 bits per heavy atom. The molecule has 1 N–H and O–H groups in total. The standard InChI is InChI=1S/C14H21N3O2/c1-10-12(14(18)19-3)4-5-13(15-10)16-11-6-8-17(2)9-7-11/h4-5,11H,6-9H2,1-3H3,(H,15,16). The number of likely N-dealkylation sites (tertiary alicyclic amines) is 1. The molecule has 1 aromatic rings. The van der Waals surface area contributed by atoms with E-state index in [2.05, 4.69) is 22.2 Å². The van der Waals surface area contributed by atoms with Crippen LogP contribution in [0, 0.1) is 6.92 Å². The van der Waals surface area contributed by atoms with Gasteiger partial charge in [-0.1, -0.05) is 0 Å². The van der Waals surface area contributed by atoms with Gasteiger partial charge in [-0.05, 0) is 52.0 Å². The summed E-state index contributed by atoms with van der Waals surface area (Å²) < 4.78 is 4.71. The van der Waals surface area contributed by atoms with Crippen LogP contribution in [0.3, 0.4) is 0 Å². The second-order valence-electron chi connectivity index (χ2n) is 5.04. The van der Waals surface area contributed by atoms with Gasteiger partial charge in [-0.2, -0.15) is 0 Å². The second kappa shape index (κ2) is 6.02. The highest BCUT2D eigenvalue weighted by Crippen LogP contribution is 2.16. The molecule has 0 aromatic carbocycles. The fourth-order valence-corrected chi connectivity index (χ4v) is 2.33. The molecule has 0 radical (unpaired) electrons. The molecular weight excluding hydrogens is 242 g/mol. The van der Waals surface area contributed by atoms with Gasteiger partial charge in [0.25, 0.3) is 0 Å². The fraction of sp³-hybridized carbons (Fsp3) is 0.571. The molecule has 0 saturated carbocycles. The van der Waals surface area contributed by atoms with Gasteiger partial charge in [0, 0.05) is 6.04 Å². The average molecular weight is 263 g/mol. The summed E-state index contributed by atoms with van der Waals surface area (Å²) in [4.78, 5) is 18.2. The molecule has 5 nitrogen and oxygen atoms in total. The van der Waals surface area contributed by atoms with Gasteiger partial charge in [-0.15, -0.1) is 0 Å². The van der Waals surface area contributed by atoms with Crippen LogP contribution < -0.4 is 5.32 Å². The van der Waals surface area contributed by atoms with Crippen molar-refractivity contribution in [1.29, 1.82) is 0 Å². The van der Waals surface area contributed by atoms with Crippen LogP contribution in [0.25, 0.3) is 0 Å². The van der Waals surface area contributed by atoms with E-state index in [0.717, 1.165) is 31.7 Å². The number of carbonyl (C=O) groups is 1. The molecule has 1 saturated heterocycles. The maximum Gasteiger partial charge on any atom is 0.339 e. The van der Waals surface area contributed by atoms with Gasteiger partial charge in [0.2, 0.25) is 0 Å². The first-order chi connectivity index (χ1) is 9.10. The quantitative estimate of drug-likeness (QED) is 0.841. The van der Waals surface area contributed by atoms with Gasteiger partial charge >= 0.3 is 5.97 Å². The highest BCUT2D eigenvalue weighted by atomic mass is 16.5. The summed E-state index contributed by atoms with van der Waals surface area (Å²) in [5, 5.41) is 3.44. The number of ether oxygens (including phenoxy) is 1. The average Bonchev–Trinajstić information content (AvgIpc) is 2.41. The number of piperidine rings is 1. The van der Waals surface area contributed by atoms with Crippen molar-refractivity contribution in [2.75, 3.05) is 32.6 Å². The zero-order valence-electron chi connectivity index (χ0n) is 11.8. The number of hydrogen-bond acceptors (Lipinski definition) is 5. The number of esters is 1. The molecule has 1 fully saturated rings. The summed E-state index contributed by atoms with van der Waals surface area (Å²) in [5.41, 5.74) is 1.22. The first-order valence-electron chi connectivity index (χ1n) is 6.61. The Balaban J connectivity index is 2.02. The largest absolute Gasteiger partial charge is 0.465 e. The lowest BCUT2D eigenvalue weighted by atomic mass is 10.1. The number of aromatic nitrogens is 1. The maximum atomic E-state index is 11.5. The van der Waals surface area contributed by atoms with E-state index >= 15 is 0 Å². The van der Waals surface area contributed by atoms with Gasteiger partial charge in [0.05, 0.1) is 18.4 Å². The molecule has 1 aliphatic rings. The van der Waals surface area contributed by atoms with E-state index in [9.17, 15) is 4.79 Å². The van der Waals surface area contributed by atoms with E-state index in [0.29, 0.717) is 17.3 Å². The van der Waals surface area contributed by atoms with Crippen LogP contribution in [0.4, 0.5) is 5.82 Å². The minimum absolute atomic E-state index is 0.337. The summed E-state index contributed by atoms with van der Waals surface area (Å²) in [6.45, 7) is 4.04. The third-order valence-corrected chi connectivity index (χ3v) is 3.56. The van der Waals surface area contributed by atoms with Crippen LogP contribution in [0.1, 0.15) is 28.9 Å². The summed E-state index contributed by atoms with van der Waals surface area (Å²) in [6, 6.07) is 4.08. The molecule has 104 valence electrons. The Morgan fingerprint density at radius 1 is 1.42 bits per heavy atom. The lowest BCUT2D eigenvalue weighted by Crippen LogP contribution is -2.36. The van der Waals surface area contributed by atoms with Crippen molar-refractivity contribution in [1.82, 2.24) is 9.88 Å². The molecule has 5 heteroatoms. The molecule has 1 aromatic heterocycles. The Labute approximate surface area is 114 Å². The van der Waals surface area contributed by atoms with Gasteiger partial charge in [0.1, 0.15) is 5.82 Å². The van der Waals surface area contributed by atoms with Crippen molar-refractivity contribution in [3.8, 4) is 0 Å². The van der Waals surface area contributed by atoms with Crippen LogP contribution >= 0.6 is 0 Å². The molecule has 0 amide bonds. The Hall–Kier alpha value is -1.62. The van der Waals surface area contributed by atoms with Gasteiger partial charge in [-0.3, -0.25) is 0 Å². The van der Waals surface area contributed by atoms with Crippen molar-refractivity contribution < 1.29 is 9.53 Å². The van der Waals surface area contributed by atoms with Crippen molar-refractivity contribution >= 4 is 11.8 Å². The molecule has 2 heterocycles. The molecule has 0 aliphatic carbocycles. The topological polar surface area (TPSA) is 54.5 Å². The number of methoxy groups -OCH3 is 1. The second-order valence-corrected chi connectivity index (χ2v) is 5.04. The number of pyridine rings is 1. The van der Waals surface area contributed by atoms with Gasteiger partial charge < -0.3 is 15.0 Å². The number of aryl methyl sites for hydroxylation is 1. The minimum Gasteiger partial charge on any atom is -0.465 e. The Bertz CT molecular complexity index is 454. The van der Waals surface area contributed by atoms with Crippen LogP contribution in [0.5, 0.6) is 0 Å². The lowest BCUT2D eigenvalue weighted by molar-refractivity contribution is 0.0599. The summed E-state index contributed by atoms with van der Waals surface area (Å²) >= 11 is 0. The zero-order chi connectivity index (χ0) is 13.8. The van der Waals surface area contributed by atoms with Crippen molar-refractivity contribution in [3.63, 3.8) is 0 Å². The van der Waals surface area contributed by atoms with Crippen molar-refractivity contribution in [2.45, 2.75) is 25.8 Å². The minimum atomic E-state index is -0.337. The van der Waals surface area contributed by atoms with E-state index < -0.39 is 0 Å². The van der Waals surface area contributed by atoms with Crippen LogP contribution in [0.15, 0.2) is 12.1 Å². The molecule has 0 spiro atoms. The van der Waals surface area contributed by atoms with Crippen molar-refractivity contribution in [3.05, 3.63) is 23.4 Å². The lowest BCUT2D eigenvalue weighted by Gasteiger charge is -2.29. The van der Waals surface area contributed by atoms with E-state index in [4.69, 9.17) is 4.74 Å². The van der Waals surface area contributed by atoms with Crippen LogP contribution in [-0.2, 0) is 4.74 Å². The SMILES string of the molecule is COC(=O)c1ccc(NC2CCN(C)CC2)nc1C. The van der Waals surface area contributed by atoms with Crippen LogP contribution in [0.2, 0.25) is 0 Å². The number of nitrogens with zero attached hydrogens (tertiary/aromatic N) is 2. The predicted molar refractivity (Wildman–Crippen MR) is 74.5 cm³/mol. The van der Waals surface area contributed by atoms with Gasteiger partial charge in [-0.25, -0.2) is 9.78 Å². The maximum absolute atomic E-state index is 11.5. The zero-order valence-corrected chi connectivity index (χ0v) is 11.8. The van der Waals surface area contributed by atoms with E-state index in [1.807, 2.05) is 13.0 Å². The first-order valence-corrected chi connectivity index (χ1v) is 6.61. The fourth-order valence-electron chi connectivity index (χ4n) is 2.33. The molecular formula is C14H21N3O2. The van der Waals surface area contributed by atoms with E-state index in [1.54, 1.807) is 6.07 Å². The molecule has 2 rings (SSSR count).